The maximum Gasteiger partial charge on any atom is 0.242 e. The summed E-state index contributed by atoms with van der Waals surface area (Å²) in [6.45, 7) is 3.51. The summed E-state index contributed by atoms with van der Waals surface area (Å²) in [5.74, 6) is 1.20. The Labute approximate surface area is 123 Å². The third kappa shape index (κ3) is 3.60. The number of nitrogens with zero attached hydrogens (tertiary/aromatic N) is 3. The van der Waals surface area contributed by atoms with Gasteiger partial charge >= 0.3 is 0 Å². The molecule has 0 aliphatic carbocycles. The number of nitrogen functional groups attached to an aromatic ring is 1. The van der Waals surface area contributed by atoms with Gasteiger partial charge in [-0.15, -0.1) is 11.3 Å². The van der Waals surface area contributed by atoms with Gasteiger partial charge in [-0.1, -0.05) is 13.0 Å². The van der Waals surface area contributed by atoms with E-state index < -0.39 is 0 Å². The Morgan fingerprint density at radius 2 is 2.25 bits per heavy atom. The van der Waals surface area contributed by atoms with Crippen molar-refractivity contribution in [2.75, 3.05) is 30.8 Å². The van der Waals surface area contributed by atoms with Crippen molar-refractivity contribution in [2.24, 2.45) is 0 Å². The number of rotatable bonds is 7. The molecule has 108 valence electrons. The minimum Gasteiger partial charge on any atom is -0.476 e. The minimum atomic E-state index is 0.472. The lowest BCUT2D eigenvalue weighted by molar-refractivity contribution is 0.306. The van der Waals surface area contributed by atoms with Crippen molar-refractivity contribution in [1.82, 2.24) is 9.97 Å². The van der Waals surface area contributed by atoms with Crippen LogP contribution >= 0.6 is 11.3 Å². The fourth-order valence-corrected chi connectivity index (χ4v) is 2.53. The lowest BCUT2D eigenvalue weighted by Crippen LogP contribution is -2.23. The second kappa shape index (κ2) is 7.09. The third-order valence-corrected chi connectivity index (χ3v) is 3.84. The smallest absolute Gasteiger partial charge is 0.242 e. The van der Waals surface area contributed by atoms with E-state index in [9.17, 15) is 0 Å². The van der Waals surface area contributed by atoms with Crippen LogP contribution in [-0.4, -0.2) is 30.2 Å². The van der Waals surface area contributed by atoms with Crippen LogP contribution in [0.15, 0.2) is 23.8 Å². The molecule has 2 heterocycles. The van der Waals surface area contributed by atoms with E-state index in [-0.39, 0.29) is 0 Å². The van der Waals surface area contributed by atoms with Crippen LogP contribution in [-0.2, 0) is 6.42 Å². The Hall–Kier alpha value is -1.82. The zero-order valence-electron chi connectivity index (χ0n) is 11.9. The maximum absolute atomic E-state index is 6.08. The number of aromatic nitrogens is 2. The van der Waals surface area contributed by atoms with Gasteiger partial charge in [-0.3, -0.25) is 0 Å². The standard InChI is InChI=1S/C14H20N4OS/c1-3-8-19-14-12(15)13(16-10-17-14)18(2)7-6-11-5-4-9-20-11/h4-5,9-10H,3,6-8,15H2,1-2H3. The molecule has 0 aliphatic rings. The summed E-state index contributed by atoms with van der Waals surface area (Å²) >= 11 is 1.76. The van der Waals surface area contributed by atoms with Crippen LogP contribution in [0, 0.1) is 0 Å². The first kappa shape index (κ1) is 14.6. The average molecular weight is 292 g/mol. The van der Waals surface area contributed by atoms with Crippen LogP contribution in [0.4, 0.5) is 11.5 Å². The molecule has 6 heteroatoms. The van der Waals surface area contributed by atoms with Crippen molar-refractivity contribution in [3.63, 3.8) is 0 Å². The van der Waals surface area contributed by atoms with Crippen LogP contribution in [0.5, 0.6) is 5.88 Å². The van der Waals surface area contributed by atoms with Gasteiger partial charge in [0.05, 0.1) is 6.61 Å². The highest BCUT2D eigenvalue weighted by Gasteiger charge is 2.13. The Balaban J connectivity index is 2.03. The van der Waals surface area contributed by atoms with E-state index >= 15 is 0 Å². The second-order valence-corrected chi connectivity index (χ2v) is 5.55. The van der Waals surface area contributed by atoms with E-state index in [1.807, 2.05) is 18.9 Å². The first-order valence-corrected chi connectivity index (χ1v) is 7.57. The van der Waals surface area contributed by atoms with Crippen molar-refractivity contribution in [3.05, 3.63) is 28.7 Å². The van der Waals surface area contributed by atoms with Gasteiger partial charge in [-0.25, -0.2) is 4.98 Å². The maximum atomic E-state index is 6.08. The molecule has 2 rings (SSSR count). The van der Waals surface area contributed by atoms with Gasteiger partial charge in [0, 0.05) is 18.5 Å². The first-order chi connectivity index (χ1) is 9.72. The lowest BCUT2D eigenvalue weighted by atomic mass is 10.3. The van der Waals surface area contributed by atoms with Crippen molar-refractivity contribution >= 4 is 22.8 Å². The summed E-state index contributed by atoms with van der Waals surface area (Å²) in [5.41, 5.74) is 6.59. The number of likely N-dealkylation sites (N-methyl/N-ethyl adjacent to an activating group) is 1. The molecule has 0 spiro atoms. The van der Waals surface area contributed by atoms with E-state index in [4.69, 9.17) is 10.5 Å². The summed E-state index contributed by atoms with van der Waals surface area (Å²) in [5, 5.41) is 2.09. The Morgan fingerprint density at radius 1 is 1.40 bits per heavy atom. The number of ether oxygens (including phenoxy) is 1. The topological polar surface area (TPSA) is 64.3 Å². The SMILES string of the molecule is CCCOc1ncnc(N(C)CCc2cccs2)c1N. The fourth-order valence-electron chi connectivity index (χ4n) is 1.83. The minimum absolute atomic E-state index is 0.472. The molecule has 2 aromatic rings. The highest BCUT2D eigenvalue weighted by Crippen LogP contribution is 2.27. The van der Waals surface area contributed by atoms with E-state index in [1.165, 1.54) is 11.2 Å². The summed E-state index contributed by atoms with van der Waals surface area (Å²) < 4.78 is 5.53. The van der Waals surface area contributed by atoms with Crippen LogP contribution in [0.3, 0.4) is 0 Å². The normalized spacial score (nSPS) is 10.5. The number of anilines is 2. The van der Waals surface area contributed by atoms with Gasteiger partial charge in [0.1, 0.15) is 12.0 Å². The first-order valence-electron chi connectivity index (χ1n) is 6.69. The zero-order valence-corrected chi connectivity index (χ0v) is 12.7. The van der Waals surface area contributed by atoms with E-state index in [1.54, 1.807) is 11.3 Å². The molecule has 0 atom stereocenters. The zero-order chi connectivity index (χ0) is 14.4. The quantitative estimate of drug-likeness (QED) is 0.849. The Morgan fingerprint density at radius 3 is 2.95 bits per heavy atom. The Bertz CT molecular complexity index is 530. The second-order valence-electron chi connectivity index (χ2n) is 4.52. The highest BCUT2D eigenvalue weighted by molar-refractivity contribution is 7.09. The molecule has 0 amide bonds. The van der Waals surface area contributed by atoms with Crippen LogP contribution in [0.1, 0.15) is 18.2 Å². The number of hydrogen-bond donors (Lipinski definition) is 1. The lowest BCUT2D eigenvalue weighted by Gasteiger charge is -2.20. The molecule has 0 saturated carbocycles. The van der Waals surface area contributed by atoms with Crippen LogP contribution in [0.2, 0.25) is 0 Å². The molecule has 2 aromatic heterocycles. The third-order valence-electron chi connectivity index (χ3n) is 2.90. The van der Waals surface area contributed by atoms with E-state index in [0.717, 1.165) is 25.2 Å². The monoisotopic (exact) mass is 292 g/mol. The Kier molecular flexibility index (Phi) is 5.17. The molecule has 5 nitrogen and oxygen atoms in total. The van der Waals surface area contributed by atoms with Gasteiger partial charge in [0.2, 0.25) is 5.88 Å². The predicted molar refractivity (Wildman–Crippen MR) is 83.5 cm³/mol. The highest BCUT2D eigenvalue weighted by atomic mass is 32.1. The largest absolute Gasteiger partial charge is 0.476 e. The van der Waals surface area contributed by atoms with Gasteiger partial charge < -0.3 is 15.4 Å². The molecule has 0 saturated heterocycles. The molecule has 0 aliphatic heterocycles. The molecule has 0 radical (unpaired) electrons. The molecule has 0 unspecified atom stereocenters. The van der Waals surface area contributed by atoms with Gasteiger partial charge in [-0.05, 0) is 24.3 Å². The van der Waals surface area contributed by atoms with Crippen LogP contribution < -0.4 is 15.4 Å². The van der Waals surface area contributed by atoms with E-state index in [2.05, 4.69) is 27.5 Å². The molecule has 20 heavy (non-hydrogen) atoms. The van der Waals surface area contributed by atoms with Gasteiger partial charge in [-0.2, -0.15) is 4.98 Å². The van der Waals surface area contributed by atoms with Crippen molar-refractivity contribution in [2.45, 2.75) is 19.8 Å². The van der Waals surface area contributed by atoms with Crippen LogP contribution in [0.25, 0.3) is 0 Å². The summed E-state index contributed by atoms with van der Waals surface area (Å²) in [6.07, 6.45) is 3.40. The summed E-state index contributed by atoms with van der Waals surface area (Å²) in [6, 6.07) is 4.20. The fraction of sp³-hybridized carbons (Fsp3) is 0.429. The number of nitrogens with two attached hydrogens (primary N) is 1. The molecular weight excluding hydrogens is 272 g/mol. The van der Waals surface area contributed by atoms with Crippen molar-refractivity contribution in [1.29, 1.82) is 0 Å². The average Bonchev–Trinajstić information content (AvgIpc) is 2.97. The van der Waals surface area contributed by atoms with Gasteiger partial charge in [0.25, 0.3) is 0 Å². The van der Waals surface area contributed by atoms with E-state index in [0.29, 0.717) is 18.2 Å². The molecule has 0 bridgehead atoms. The van der Waals surface area contributed by atoms with Crippen molar-refractivity contribution < 1.29 is 4.74 Å². The van der Waals surface area contributed by atoms with Gasteiger partial charge in [0.15, 0.2) is 5.82 Å². The van der Waals surface area contributed by atoms with Crippen molar-refractivity contribution in [3.8, 4) is 5.88 Å². The molecule has 0 aromatic carbocycles. The number of thiophene rings is 1. The predicted octanol–water partition coefficient (Wildman–Crippen LogP) is 2.59. The number of hydrogen-bond acceptors (Lipinski definition) is 6. The molecule has 0 fully saturated rings. The molecule has 2 N–H and O–H groups in total. The molecular formula is C14H20N4OS. The summed E-state index contributed by atoms with van der Waals surface area (Å²) in [7, 11) is 1.98. The summed E-state index contributed by atoms with van der Waals surface area (Å²) in [4.78, 5) is 11.7.